The Balaban J connectivity index is 4.39. The molecule has 0 saturated carbocycles. The second kappa shape index (κ2) is 7.35. The van der Waals surface area contributed by atoms with Gasteiger partial charge in [0.15, 0.2) is 0 Å². The molecule has 0 aliphatic carbocycles. The first-order valence-corrected chi connectivity index (χ1v) is 7.41. The van der Waals surface area contributed by atoms with Crippen molar-refractivity contribution in [2.45, 2.75) is 32.9 Å². The Morgan fingerprint density at radius 1 is 1.00 bits per heavy atom. The van der Waals surface area contributed by atoms with Crippen molar-refractivity contribution in [1.82, 2.24) is 4.90 Å². The maximum atomic E-state index is 5.41. The smallest absolute Gasteiger partial charge is 0.377 e. The van der Waals surface area contributed by atoms with Crippen molar-refractivity contribution >= 4 is 8.80 Å². The topological polar surface area (TPSA) is 30.9 Å². The van der Waals surface area contributed by atoms with Gasteiger partial charge in [-0.3, -0.25) is 0 Å². The Kier molecular flexibility index (Phi) is 7.38. The summed E-state index contributed by atoms with van der Waals surface area (Å²) < 4.78 is 16.2. The minimum Gasteiger partial charge on any atom is -0.377 e. The number of hydrogen-bond acceptors (Lipinski definition) is 4. The third kappa shape index (κ3) is 4.20. The van der Waals surface area contributed by atoms with Crippen molar-refractivity contribution in [2.24, 2.45) is 0 Å². The second-order valence-electron chi connectivity index (χ2n) is 3.57. The van der Waals surface area contributed by atoms with E-state index >= 15 is 0 Å². The zero-order valence-electron chi connectivity index (χ0n) is 10.9. The molecule has 0 N–H and O–H groups in total. The fraction of sp³-hybridized carbons (Fsp3) is 1.00. The third-order valence-electron chi connectivity index (χ3n) is 2.91. The molecule has 1 unspecified atom stereocenters. The molecule has 5 heteroatoms. The van der Waals surface area contributed by atoms with Gasteiger partial charge in [-0.1, -0.05) is 13.8 Å². The first kappa shape index (κ1) is 15.1. The van der Waals surface area contributed by atoms with Gasteiger partial charge in [0.1, 0.15) is 0 Å². The van der Waals surface area contributed by atoms with Gasteiger partial charge in [0.25, 0.3) is 0 Å². The number of nitrogens with zero attached hydrogens (tertiary/aromatic N) is 1. The molecular formula is C10H25NO3Si. The minimum absolute atomic E-state index is 0.423. The quantitative estimate of drug-likeness (QED) is 0.598. The van der Waals surface area contributed by atoms with Crippen LogP contribution in [0.3, 0.4) is 0 Å². The van der Waals surface area contributed by atoms with Gasteiger partial charge < -0.3 is 18.2 Å². The maximum Gasteiger partial charge on any atom is 0.501 e. The van der Waals surface area contributed by atoms with Gasteiger partial charge in [-0.15, -0.1) is 0 Å². The predicted molar refractivity (Wildman–Crippen MR) is 64.0 cm³/mol. The molecule has 0 aromatic carbocycles. The first-order valence-electron chi connectivity index (χ1n) is 5.48. The van der Waals surface area contributed by atoms with Gasteiger partial charge in [-0.25, -0.2) is 0 Å². The molecule has 0 aromatic heterocycles. The number of rotatable bonds is 8. The summed E-state index contributed by atoms with van der Waals surface area (Å²) >= 11 is 0. The molecule has 0 aliphatic heterocycles. The zero-order chi connectivity index (χ0) is 11.9. The Morgan fingerprint density at radius 3 is 1.67 bits per heavy atom. The molecule has 15 heavy (non-hydrogen) atoms. The average Bonchev–Trinajstić information content (AvgIpc) is 2.28. The van der Waals surface area contributed by atoms with E-state index in [-0.39, 0.29) is 0 Å². The van der Waals surface area contributed by atoms with Crippen LogP contribution in [0.15, 0.2) is 0 Å². The van der Waals surface area contributed by atoms with Crippen molar-refractivity contribution in [3.63, 3.8) is 0 Å². The Hall–Kier alpha value is 0.0569. The lowest BCUT2D eigenvalue weighted by atomic mass is 10.3. The molecule has 0 saturated heterocycles. The van der Waals surface area contributed by atoms with E-state index in [4.69, 9.17) is 13.3 Å². The van der Waals surface area contributed by atoms with E-state index in [2.05, 4.69) is 25.7 Å². The summed E-state index contributed by atoms with van der Waals surface area (Å²) in [4.78, 5) is 2.37. The third-order valence-corrected chi connectivity index (χ3v) is 5.87. The molecule has 0 bridgehead atoms. The van der Waals surface area contributed by atoms with E-state index in [1.807, 2.05) is 0 Å². The molecule has 0 rings (SSSR count). The first-order chi connectivity index (χ1) is 7.09. The summed E-state index contributed by atoms with van der Waals surface area (Å²) in [6, 6.07) is 1.25. The molecule has 0 fully saturated rings. The minimum atomic E-state index is -2.42. The summed E-state index contributed by atoms with van der Waals surface area (Å²) in [5, 5.41) is 0. The highest BCUT2D eigenvalue weighted by Crippen LogP contribution is 2.18. The predicted octanol–water partition coefficient (Wildman–Crippen LogP) is 1.59. The molecule has 0 radical (unpaired) electrons. The van der Waals surface area contributed by atoms with Gasteiger partial charge in [-0.05, 0) is 20.0 Å². The highest BCUT2D eigenvalue weighted by Gasteiger charge is 2.40. The van der Waals surface area contributed by atoms with Crippen LogP contribution in [0.25, 0.3) is 0 Å². The van der Waals surface area contributed by atoms with Crippen LogP contribution in [0.5, 0.6) is 0 Å². The molecule has 0 amide bonds. The van der Waals surface area contributed by atoms with Crippen molar-refractivity contribution in [1.29, 1.82) is 0 Å². The highest BCUT2D eigenvalue weighted by atomic mass is 28.4. The van der Waals surface area contributed by atoms with E-state index in [9.17, 15) is 0 Å². The van der Waals surface area contributed by atoms with Crippen LogP contribution in [0.1, 0.15) is 20.8 Å². The lowest BCUT2D eigenvalue weighted by Gasteiger charge is -2.32. The Morgan fingerprint density at radius 2 is 1.40 bits per heavy atom. The molecule has 0 aromatic rings. The van der Waals surface area contributed by atoms with E-state index in [1.165, 1.54) is 0 Å². The molecule has 4 nitrogen and oxygen atoms in total. The maximum absolute atomic E-state index is 5.41. The molecule has 0 spiro atoms. The summed E-state index contributed by atoms with van der Waals surface area (Å²) in [7, 11) is 2.57. The summed E-state index contributed by atoms with van der Waals surface area (Å²) in [6.07, 6.45) is 0. The summed E-state index contributed by atoms with van der Waals surface area (Å²) in [5.41, 5.74) is 0. The average molecular weight is 235 g/mol. The standard InChI is InChI=1S/C10H25NO3Si/c1-7-11(8-2)10(3)9-15(12-4,13-5)14-6/h10H,7-9H2,1-6H3. The SMILES string of the molecule is CCN(CC)C(C)C[Si](OC)(OC)OC. The van der Waals surface area contributed by atoms with Gasteiger partial charge in [-0.2, -0.15) is 0 Å². The molecule has 1 atom stereocenters. The van der Waals surface area contributed by atoms with Crippen LogP contribution in [0.4, 0.5) is 0 Å². The van der Waals surface area contributed by atoms with E-state index in [1.54, 1.807) is 21.3 Å². The van der Waals surface area contributed by atoms with Crippen LogP contribution < -0.4 is 0 Å². The monoisotopic (exact) mass is 235 g/mol. The van der Waals surface area contributed by atoms with Crippen molar-refractivity contribution in [2.75, 3.05) is 34.4 Å². The van der Waals surface area contributed by atoms with Gasteiger partial charge >= 0.3 is 8.80 Å². The van der Waals surface area contributed by atoms with E-state index < -0.39 is 8.80 Å². The van der Waals surface area contributed by atoms with Gasteiger partial charge in [0, 0.05) is 33.4 Å². The molecular weight excluding hydrogens is 210 g/mol. The van der Waals surface area contributed by atoms with Crippen LogP contribution in [0.2, 0.25) is 6.04 Å². The largest absolute Gasteiger partial charge is 0.501 e. The fourth-order valence-electron chi connectivity index (χ4n) is 1.84. The van der Waals surface area contributed by atoms with Gasteiger partial charge in [0.2, 0.25) is 0 Å². The van der Waals surface area contributed by atoms with Crippen molar-refractivity contribution in [3.8, 4) is 0 Å². The van der Waals surface area contributed by atoms with Crippen LogP contribution >= 0.6 is 0 Å². The lowest BCUT2D eigenvalue weighted by molar-refractivity contribution is 0.110. The van der Waals surface area contributed by atoms with Crippen LogP contribution in [-0.2, 0) is 13.3 Å². The summed E-state index contributed by atoms with van der Waals surface area (Å²) in [6.45, 7) is 8.59. The Bertz CT molecular complexity index is 152. The second-order valence-corrected chi connectivity index (χ2v) is 6.57. The molecule has 0 heterocycles. The van der Waals surface area contributed by atoms with Crippen LogP contribution in [-0.4, -0.2) is 54.2 Å². The van der Waals surface area contributed by atoms with Crippen molar-refractivity contribution < 1.29 is 13.3 Å². The Labute approximate surface area is 94.9 Å². The highest BCUT2D eigenvalue weighted by molar-refractivity contribution is 6.60. The lowest BCUT2D eigenvalue weighted by Crippen LogP contribution is -2.48. The van der Waals surface area contributed by atoms with E-state index in [0.717, 1.165) is 19.1 Å². The number of hydrogen-bond donors (Lipinski definition) is 0. The summed E-state index contributed by atoms with van der Waals surface area (Å²) in [5.74, 6) is 0. The van der Waals surface area contributed by atoms with Crippen LogP contribution in [0, 0.1) is 0 Å². The van der Waals surface area contributed by atoms with Gasteiger partial charge in [0.05, 0.1) is 0 Å². The van der Waals surface area contributed by atoms with E-state index in [0.29, 0.717) is 6.04 Å². The normalized spacial score (nSPS) is 14.6. The zero-order valence-corrected chi connectivity index (χ0v) is 11.9. The fourth-order valence-corrected chi connectivity index (χ4v) is 3.82. The molecule has 92 valence electrons. The molecule has 0 aliphatic rings. The van der Waals surface area contributed by atoms with Crippen molar-refractivity contribution in [3.05, 3.63) is 0 Å².